The maximum atomic E-state index is 12.7. The first kappa shape index (κ1) is 21.7. The van der Waals surface area contributed by atoms with Crippen molar-refractivity contribution in [3.63, 3.8) is 0 Å². The van der Waals surface area contributed by atoms with E-state index >= 15 is 0 Å². The van der Waals surface area contributed by atoms with Gasteiger partial charge in [-0.1, -0.05) is 17.9 Å². The van der Waals surface area contributed by atoms with E-state index in [0.29, 0.717) is 26.2 Å². The van der Waals surface area contributed by atoms with Crippen molar-refractivity contribution in [1.29, 1.82) is 0 Å². The molecule has 1 aromatic carbocycles. The molecular formula is C19H22F3N3O3. The molecule has 0 saturated carbocycles. The molecule has 0 radical (unpaired) electrons. The van der Waals surface area contributed by atoms with Gasteiger partial charge in [-0.05, 0) is 18.2 Å². The molecule has 1 fully saturated rings. The average molecular weight is 397 g/mol. The molecule has 1 saturated heterocycles. The molecule has 1 aliphatic rings. The largest absolute Gasteiger partial charge is 0.416 e. The molecule has 0 spiro atoms. The summed E-state index contributed by atoms with van der Waals surface area (Å²) >= 11 is 0. The van der Waals surface area contributed by atoms with Gasteiger partial charge in [-0.2, -0.15) is 13.2 Å². The SMILES string of the molecule is COCC(=O)N1CCN(CC(=O)NCC#Cc2cccc(C(F)(F)F)c2)CC1. The van der Waals surface area contributed by atoms with Gasteiger partial charge in [0.25, 0.3) is 0 Å². The zero-order chi connectivity index (χ0) is 20.6. The van der Waals surface area contributed by atoms with E-state index in [1.807, 2.05) is 4.90 Å². The highest BCUT2D eigenvalue weighted by Crippen LogP contribution is 2.29. The van der Waals surface area contributed by atoms with E-state index in [0.717, 1.165) is 12.1 Å². The third kappa shape index (κ3) is 6.87. The quantitative estimate of drug-likeness (QED) is 0.752. The van der Waals surface area contributed by atoms with E-state index in [1.165, 1.54) is 19.2 Å². The van der Waals surface area contributed by atoms with Gasteiger partial charge in [-0.3, -0.25) is 14.5 Å². The van der Waals surface area contributed by atoms with Gasteiger partial charge in [0.2, 0.25) is 11.8 Å². The number of ether oxygens (including phenoxy) is 1. The molecule has 2 amide bonds. The second kappa shape index (κ2) is 10.1. The van der Waals surface area contributed by atoms with E-state index < -0.39 is 11.7 Å². The first-order valence-corrected chi connectivity index (χ1v) is 8.71. The highest BCUT2D eigenvalue weighted by Gasteiger charge is 2.30. The third-order valence-electron chi connectivity index (χ3n) is 4.16. The summed E-state index contributed by atoms with van der Waals surface area (Å²) in [7, 11) is 1.47. The number of alkyl halides is 3. The van der Waals surface area contributed by atoms with Crippen molar-refractivity contribution < 1.29 is 27.5 Å². The Labute approximate surface area is 161 Å². The fraction of sp³-hybridized carbons (Fsp3) is 0.474. The molecule has 28 heavy (non-hydrogen) atoms. The number of carbonyl (C=O) groups excluding carboxylic acids is 2. The Bertz CT molecular complexity index is 748. The van der Waals surface area contributed by atoms with Crippen LogP contribution in [-0.4, -0.2) is 74.6 Å². The van der Waals surface area contributed by atoms with Gasteiger partial charge in [-0.25, -0.2) is 0 Å². The summed E-state index contributed by atoms with van der Waals surface area (Å²) in [6.45, 7) is 2.50. The first-order chi connectivity index (χ1) is 13.3. The van der Waals surface area contributed by atoms with Crippen LogP contribution in [0.5, 0.6) is 0 Å². The summed E-state index contributed by atoms with van der Waals surface area (Å²) in [5.74, 6) is 4.96. The van der Waals surface area contributed by atoms with Crippen molar-refractivity contribution in [3.8, 4) is 11.8 Å². The number of hydrogen-bond acceptors (Lipinski definition) is 4. The number of amides is 2. The molecule has 0 bridgehead atoms. The Kier molecular flexibility index (Phi) is 7.84. The Hall–Kier alpha value is -2.57. The van der Waals surface area contributed by atoms with Crippen molar-refractivity contribution >= 4 is 11.8 Å². The molecule has 1 N–H and O–H groups in total. The monoisotopic (exact) mass is 397 g/mol. The van der Waals surface area contributed by atoms with Gasteiger partial charge < -0.3 is 15.0 Å². The second-order valence-corrected chi connectivity index (χ2v) is 6.25. The van der Waals surface area contributed by atoms with Crippen LogP contribution in [-0.2, 0) is 20.5 Å². The van der Waals surface area contributed by atoms with Crippen molar-refractivity contribution in [1.82, 2.24) is 15.1 Å². The topological polar surface area (TPSA) is 61.9 Å². The zero-order valence-corrected chi connectivity index (χ0v) is 15.5. The molecule has 1 heterocycles. The molecule has 1 aliphatic heterocycles. The lowest BCUT2D eigenvalue weighted by Crippen LogP contribution is -2.51. The Morgan fingerprint density at radius 2 is 1.93 bits per heavy atom. The molecule has 0 aromatic heterocycles. The third-order valence-corrected chi connectivity index (χ3v) is 4.16. The highest BCUT2D eigenvalue weighted by molar-refractivity contribution is 5.79. The fourth-order valence-electron chi connectivity index (χ4n) is 2.69. The van der Waals surface area contributed by atoms with Gasteiger partial charge in [-0.15, -0.1) is 0 Å². The highest BCUT2D eigenvalue weighted by atomic mass is 19.4. The van der Waals surface area contributed by atoms with Crippen LogP contribution in [0.3, 0.4) is 0 Å². The summed E-state index contributed by atoms with van der Waals surface area (Å²) < 4.78 is 42.8. The number of benzene rings is 1. The normalized spacial score (nSPS) is 14.9. The Balaban J connectivity index is 1.73. The predicted octanol–water partition coefficient (Wildman–Crippen LogP) is 0.964. The number of hydrogen-bond donors (Lipinski definition) is 1. The average Bonchev–Trinajstić information content (AvgIpc) is 2.65. The van der Waals surface area contributed by atoms with Crippen LogP contribution in [0.2, 0.25) is 0 Å². The van der Waals surface area contributed by atoms with E-state index in [-0.39, 0.29) is 37.1 Å². The van der Waals surface area contributed by atoms with Gasteiger partial charge in [0.05, 0.1) is 18.7 Å². The summed E-state index contributed by atoms with van der Waals surface area (Å²) in [6, 6.07) is 4.73. The van der Waals surface area contributed by atoms with E-state index in [9.17, 15) is 22.8 Å². The van der Waals surface area contributed by atoms with Gasteiger partial charge >= 0.3 is 6.18 Å². The Morgan fingerprint density at radius 3 is 2.57 bits per heavy atom. The van der Waals surface area contributed by atoms with E-state index in [2.05, 4.69) is 17.2 Å². The van der Waals surface area contributed by atoms with Gasteiger partial charge in [0, 0.05) is 38.9 Å². The minimum Gasteiger partial charge on any atom is -0.375 e. The van der Waals surface area contributed by atoms with E-state index in [4.69, 9.17) is 4.74 Å². The van der Waals surface area contributed by atoms with Crippen LogP contribution in [0.25, 0.3) is 0 Å². The Morgan fingerprint density at radius 1 is 1.21 bits per heavy atom. The summed E-state index contributed by atoms with van der Waals surface area (Å²) in [5, 5.41) is 2.62. The van der Waals surface area contributed by atoms with Crippen LogP contribution in [0, 0.1) is 11.8 Å². The molecule has 152 valence electrons. The van der Waals surface area contributed by atoms with Crippen LogP contribution in [0.1, 0.15) is 11.1 Å². The summed E-state index contributed by atoms with van der Waals surface area (Å²) in [5.41, 5.74) is -0.521. The van der Waals surface area contributed by atoms with Crippen LogP contribution >= 0.6 is 0 Å². The first-order valence-electron chi connectivity index (χ1n) is 8.71. The van der Waals surface area contributed by atoms with Crippen LogP contribution < -0.4 is 5.32 Å². The van der Waals surface area contributed by atoms with Crippen molar-refractivity contribution in [2.24, 2.45) is 0 Å². The van der Waals surface area contributed by atoms with Gasteiger partial charge in [0.15, 0.2) is 0 Å². The standard InChI is InChI=1S/C19H22F3N3O3/c1-28-14-18(27)25-10-8-24(9-11-25)13-17(26)23-7-3-5-15-4-2-6-16(12-15)19(20,21)22/h2,4,6,12H,7-11,13-14H2,1H3,(H,23,26). The number of methoxy groups -OCH3 is 1. The van der Waals surface area contributed by atoms with Crippen molar-refractivity contribution in [2.75, 3.05) is 53.0 Å². The lowest BCUT2D eigenvalue weighted by molar-refractivity contribution is -0.138. The molecule has 6 nitrogen and oxygen atoms in total. The molecule has 1 aromatic rings. The van der Waals surface area contributed by atoms with Crippen molar-refractivity contribution in [2.45, 2.75) is 6.18 Å². The maximum absolute atomic E-state index is 12.7. The van der Waals surface area contributed by atoms with Crippen LogP contribution in [0.15, 0.2) is 24.3 Å². The lowest BCUT2D eigenvalue weighted by atomic mass is 10.1. The number of carbonyl (C=O) groups is 2. The summed E-state index contributed by atoms with van der Waals surface area (Å²) in [6.07, 6.45) is -4.41. The number of nitrogens with zero attached hydrogens (tertiary/aromatic N) is 2. The van der Waals surface area contributed by atoms with Crippen LogP contribution in [0.4, 0.5) is 13.2 Å². The lowest BCUT2D eigenvalue weighted by Gasteiger charge is -2.34. The fourth-order valence-corrected chi connectivity index (χ4v) is 2.69. The molecule has 0 aliphatic carbocycles. The van der Waals surface area contributed by atoms with E-state index in [1.54, 1.807) is 4.90 Å². The minimum atomic E-state index is -4.41. The van der Waals surface area contributed by atoms with Gasteiger partial charge in [0.1, 0.15) is 6.61 Å². The molecule has 2 rings (SSSR count). The molecule has 0 atom stereocenters. The molecule has 0 unspecified atom stereocenters. The minimum absolute atomic E-state index is 0.0430. The van der Waals surface area contributed by atoms with Crippen molar-refractivity contribution in [3.05, 3.63) is 35.4 Å². The number of halogens is 3. The number of nitrogens with one attached hydrogen (secondary N) is 1. The second-order valence-electron chi connectivity index (χ2n) is 6.25. The molecule has 9 heteroatoms. The maximum Gasteiger partial charge on any atom is 0.416 e. The number of piperazine rings is 1. The number of rotatable bonds is 5. The smallest absolute Gasteiger partial charge is 0.375 e. The predicted molar refractivity (Wildman–Crippen MR) is 96.2 cm³/mol. The zero-order valence-electron chi connectivity index (χ0n) is 15.5. The summed E-state index contributed by atoms with van der Waals surface area (Å²) in [4.78, 5) is 27.3. The molecular weight excluding hydrogens is 375 g/mol.